The standard InChI is InChI=1S/2C22H19Cl/c2*1-17-12-14-20(15-13-17)22(23)16-21(18-8-4-2-5-9-18)19-10-6-3-7-11-19/h2*2-16,21H,1H3/b2*22-16-. The molecule has 2 heteroatoms. The average molecular weight is 638 g/mol. The molecular formula is C44H38Cl2. The number of hydrogen-bond acceptors (Lipinski definition) is 0. The van der Waals surface area contributed by atoms with Gasteiger partial charge in [0.1, 0.15) is 0 Å². The molecule has 0 amide bonds. The van der Waals surface area contributed by atoms with Crippen LogP contribution < -0.4 is 0 Å². The summed E-state index contributed by atoms with van der Waals surface area (Å²) in [6, 6.07) is 58.5. The highest BCUT2D eigenvalue weighted by Gasteiger charge is 2.14. The highest BCUT2D eigenvalue weighted by molar-refractivity contribution is 6.49. The first-order valence-corrected chi connectivity index (χ1v) is 16.3. The van der Waals surface area contributed by atoms with Crippen LogP contribution in [0.2, 0.25) is 0 Å². The maximum absolute atomic E-state index is 6.61. The molecule has 0 saturated carbocycles. The second kappa shape index (κ2) is 16.6. The second-order valence-electron chi connectivity index (χ2n) is 11.4. The Morgan fingerprint density at radius 1 is 0.370 bits per heavy atom. The van der Waals surface area contributed by atoms with Gasteiger partial charge in [0.05, 0.1) is 0 Å². The number of aryl methyl sites for hydroxylation is 2. The third-order valence-corrected chi connectivity index (χ3v) is 8.60. The van der Waals surface area contributed by atoms with Gasteiger partial charge in [-0.2, -0.15) is 0 Å². The molecule has 0 nitrogen and oxygen atoms in total. The van der Waals surface area contributed by atoms with Crippen molar-refractivity contribution in [3.8, 4) is 0 Å². The van der Waals surface area contributed by atoms with Gasteiger partial charge < -0.3 is 0 Å². The van der Waals surface area contributed by atoms with Gasteiger partial charge in [0.15, 0.2) is 0 Å². The molecule has 0 saturated heterocycles. The molecule has 6 aromatic rings. The SMILES string of the molecule is Cc1ccc(/C(Cl)=C/C(c2ccccc2)c2ccccc2)cc1.Cc1ccc(/C(Cl)=C/C(c2ccccc2)c2ccccc2)cc1. The smallest absolute Gasteiger partial charge is 0.0448 e. The lowest BCUT2D eigenvalue weighted by molar-refractivity contribution is 1.03. The van der Waals surface area contributed by atoms with Gasteiger partial charge in [0, 0.05) is 21.9 Å². The number of allylic oxidation sites excluding steroid dienone is 2. The zero-order chi connectivity index (χ0) is 32.1. The molecule has 0 aromatic heterocycles. The summed E-state index contributed by atoms with van der Waals surface area (Å²) >= 11 is 13.2. The molecule has 0 N–H and O–H groups in total. The van der Waals surface area contributed by atoms with Gasteiger partial charge in [-0.15, -0.1) is 0 Å². The third kappa shape index (κ3) is 9.21. The predicted octanol–water partition coefficient (Wildman–Crippen LogP) is 12.8. The predicted molar refractivity (Wildman–Crippen MR) is 199 cm³/mol. The van der Waals surface area contributed by atoms with Crippen LogP contribution in [0.3, 0.4) is 0 Å². The Balaban J connectivity index is 0.000000181. The zero-order valence-corrected chi connectivity index (χ0v) is 27.7. The minimum absolute atomic E-state index is 0.145. The van der Waals surface area contributed by atoms with Crippen molar-refractivity contribution in [2.75, 3.05) is 0 Å². The summed E-state index contributed by atoms with van der Waals surface area (Å²) in [5.74, 6) is 0.289. The number of benzene rings is 6. The molecule has 0 radical (unpaired) electrons. The van der Waals surface area contributed by atoms with Crippen molar-refractivity contribution in [3.63, 3.8) is 0 Å². The Bertz CT molecular complexity index is 1600. The lowest BCUT2D eigenvalue weighted by Gasteiger charge is -2.15. The lowest BCUT2D eigenvalue weighted by atomic mass is 9.90. The Kier molecular flexibility index (Phi) is 11.8. The van der Waals surface area contributed by atoms with E-state index in [4.69, 9.17) is 23.2 Å². The van der Waals surface area contributed by atoms with E-state index in [0.29, 0.717) is 0 Å². The Hall–Kier alpha value is -4.62. The van der Waals surface area contributed by atoms with Gasteiger partial charge in [-0.25, -0.2) is 0 Å². The molecule has 0 heterocycles. The van der Waals surface area contributed by atoms with E-state index in [-0.39, 0.29) is 11.8 Å². The summed E-state index contributed by atoms with van der Waals surface area (Å²) in [7, 11) is 0. The first-order chi connectivity index (χ1) is 22.5. The average Bonchev–Trinajstić information content (AvgIpc) is 3.12. The molecule has 46 heavy (non-hydrogen) atoms. The number of hydrogen-bond donors (Lipinski definition) is 0. The monoisotopic (exact) mass is 636 g/mol. The number of rotatable bonds is 8. The molecule has 0 atom stereocenters. The Labute approximate surface area is 284 Å². The van der Waals surface area contributed by atoms with Crippen LogP contribution in [0.5, 0.6) is 0 Å². The van der Waals surface area contributed by atoms with Crippen molar-refractivity contribution in [1.82, 2.24) is 0 Å². The second-order valence-corrected chi connectivity index (χ2v) is 12.2. The van der Waals surface area contributed by atoms with Crippen molar-refractivity contribution in [2.45, 2.75) is 25.7 Å². The van der Waals surface area contributed by atoms with E-state index in [0.717, 1.165) is 21.2 Å². The fourth-order valence-corrected chi connectivity index (χ4v) is 5.83. The topological polar surface area (TPSA) is 0 Å². The zero-order valence-electron chi connectivity index (χ0n) is 26.2. The first-order valence-electron chi connectivity index (χ1n) is 15.6. The Morgan fingerprint density at radius 2 is 0.609 bits per heavy atom. The van der Waals surface area contributed by atoms with Gasteiger partial charge in [-0.05, 0) is 47.2 Å². The highest BCUT2D eigenvalue weighted by atomic mass is 35.5. The van der Waals surface area contributed by atoms with Crippen LogP contribution in [-0.4, -0.2) is 0 Å². The molecule has 0 spiro atoms. The molecule has 6 aromatic carbocycles. The summed E-state index contributed by atoms with van der Waals surface area (Å²) in [4.78, 5) is 0. The van der Waals surface area contributed by atoms with Crippen molar-refractivity contribution >= 4 is 33.3 Å². The molecule has 0 aliphatic heterocycles. The Morgan fingerprint density at radius 3 is 0.848 bits per heavy atom. The minimum Gasteiger partial charge on any atom is -0.0840 e. The van der Waals surface area contributed by atoms with Gasteiger partial charge in [-0.1, -0.05) is 216 Å². The molecule has 0 aliphatic carbocycles. The molecule has 0 bridgehead atoms. The summed E-state index contributed by atoms with van der Waals surface area (Å²) < 4.78 is 0. The van der Waals surface area contributed by atoms with E-state index in [2.05, 4.69) is 172 Å². The van der Waals surface area contributed by atoms with Crippen molar-refractivity contribution in [3.05, 3.63) is 227 Å². The molecule has 0 aliphatic rings. The molecule has 0 fully saturated rings. The van der Waals surface area contributed by atoms with Gasteiger partial charge in [-0.3, -0.25) is 0 Å². The fourth-order valence-electron chi connectivity index (χ4n) is 5.32. The first kappa shape index (κ1) is 32.8. The molecule has 6 rings (SSSR count). The van der Waals surface area contributed by atoms with Crippen molar-refractivity contribution < 1.29 is 0 Å². The van der Waals surface area contributed by atoms with E-state index in [1.807, 2.05) is 24.3 Å². The van der Waals surface area contributed by atoms with Gasteiger partial charge in [0.2, 0.25) is 0 Å². The van der Waals surface area contributed by atoms with Crippen LogP contribution in [0.1, 0.15) is 56.3 Å². The van der Waals surface area contributed by atoms with Crippen LogP contribution in [0, 0.1) is 13.8 Å². The quantitative estimate of drug-likeness (QED) is 0.156. The van der Waals surface area contributed by atoms with Gasteiger partial charge in [0.25, 0.3) is 0 Å². The normalized spacial score (nSPS) is 11.7. The van der Waals surface area contributed by atoms with Crippen LogP contribution >= 0.6 is 23.2 Å². The molecule has 0 unspecified atom stereocenters. The molecular weight excluding hydrogens is 599 g/mol. The summed E-state index contributed by atoms with van der Waals surface area (Å²) in [5, 5.41) is 1.56. The van der Waals surface area contributed by atoms with Crippen molar-refractivity contribution in [1.29, 1.82) is 0 Å². The highest BCUT2D eigenvalue weighted by Crippen LogP contribution is 2.32. The van der Waals surface area contributed by atoms with Crippen LogP contribution in [-0.2, 0) is 0 Å². The van der Waals surface area contributed by atoms with Crippen LogP contribution in [0.25, 0.3) is 10.1 Å². The van der Waals surface area contributed by atoms with Crippen LogP contribution in [0.4, 0.5) is 0 Å². The van der Waals surface area contributed by atoms with E-state index >= 15 is 0 Å². The summed E-state index contributed by atoms with van der Waals surface area (Å²) in [6.45, 7) is 4.16. The third-order valence-electron chi connectivity index (χ3n) is 7.92. The van der Waals surface area contributed by atoms with Crippen molar-refractivity contribution in [2.24, 2.45) is 0 Å². The van der Waals surface area contributed by atoms with E-state index in [1.54, 1.807) is 0 Å². The van der Waals surface area contributed by atoms with E-state index in [9.17, 15) is 0 Å². The summed E-state index contributed by atoms with van der Waals surface area (Å²) in [6.07, 6.45) is 4.27. The lowest BCUT2D eigenvalue weighted by Crippen LogP contribution is -1.98. The minimum atomic E-state index is 0.145. The van der Waals surface area contributed by atoms with Gasteiger partial charge >= 0.3 is 0 Å². The van der Waals surface area contributed by atoms with E-state index < -0.39 is 0 Å². The summed E-state index contributed by atoms with van der Waals surface area (Å²) in [5.41, 5.74) is 9.53. The van der Waals surface area contributed by atoms with Crippen LogP contribution in [0.15, 0.2) is 182 Å². The molecule has 228 valence electrons. The maximum Gasteiger partial charge on any atom is 0.0448 e. The maximum atomic E-state index is 6.61. The largest absolute Gasteiger partial charge is 0.0840 e. The number of halogens is 2. The van der Waals surface area contributed by atoms with E-state index in [1.165, 1.54) is 33.4 Å². The fraction of sp³-hybridized carbons (Fsp3) is 0.0909.